The topological polar surface area (TPSA) is 46.6 Å². The number of ether oxygens (including phenoxy) is 1. The van der Waals surface area contributed by atoms with Crippen LogP contribution in [-0.4, -0.2) is 18.9 Å². The number of rotatable bonds is 2. The third-order valence-corrected chi connectivity index (χ3v) is 6.76. The van der Waals surface area contributed by atoms with E-state index in [0.717, 1.165) is 0 Å². The molecule has 4 nitrogen and oxygen atoms in total. The van der Waals surface area contributed by atoms with Crippen LogP contribution in [0.2, 0.25) is 0 Å². The molecule has 7 rings (SSSR count). The number of hydrogen-bond donors (Lipinski definition) is 0. The first kappa shape index (κ1) is 16.5. The molecule has 2 amide bonds. The van der Waals surface area contributed by atoms with Crippen LogP contribution in [0.5, 0.6) is 5.75 Å². The zero-order valence-electron chi connectivity index (χ0n) is 15.9. The van der Waals surface area contributed by atoms with E-state index in [2.05, 4.69) is 24.3 Å². The van der Waals surface area contributed by atoms with Crippen molar-refractivity contribution in [2.45, 2.75) is 11.8 Å². The molecule has 3 aromatic rings. The smallest absolute Gasteiger partial charge is 0.238 e. The van der Waals surface area contributed by atoms with Crippen molar-refractivity contribution < 1.29 is 14.3 Å². The number of methoxy groups -OCH3 is 1. The average molecular weight is 381 g/mol. The maximum absolute atomic E-state index is 13.6. The van der Waals surface area contributed by atoms with Gasteiger partial charge in [-0.1, -0.05) is 54.6 Å². The zero-order valence-corrected chi connectivity index (χ0v) is 15.9. The van der Waals surface area contributed by atoms with E-state index >= 15 is 0 Å². The van der Waals surface area contributed by atoms with Crippen LogP contribution in [0.15, 0.2) is 72.8 Å². The van der Waals surface area contributed by atoms with Gasteiger partial charge in [-0.2, -0.15) is 0 Å². The average Bonchev–Trinajstić information content (AvgIpc) is 3.04. The molecular formula is C25H19NO3. The second-order valence-corrected chi connectivity index (χ2v) is 7.98. The van der Waals surface area contributed by atoms with Crippen molar-refractivity contribution in [2.24, 2.45) is 11.8 Å². The van der Waals surface area contributed by atoms with Crippen molar-refractivity contribution in [1.29, 1.82) is 0 Å². The predicted molar refractivity (Wildman–Crippen MR) is 109 cm³/mol. The molecule has 2 bridgehead atoms. The minimum atomic E-state index is -0.358. The van der Waals surface area contributed by atoms with Crippen molar-refractivity contribution >= 4 is 17.5 Å². The van der Waals surface area contributed by atoms with Gasteiger partial charge < -0.3 is 4.74 Å². The molecule has 0 N–H and O–H groups in total. The summed E-state index contributed by atoms with van der Waals surface area (Å²) in [4.78, 5) is 28.6. The van der Waals surface area contributed by atoms with Crippen LogP contribution in [-0.2, 0) is 9.59 Å². The normalized spacial score (nSPS) is 26.2. The molecule has 4 aliphatic rings. The van der Waals surface area contributed by atoms with Crippen molar-refractivity contribution in [3.8, 4) is 5.75 Å². The summed E-state index contributed by atoms with van der Waals surface area (Å²) < 4.78 is 5.31. The molecule has 3 aliphatic carbocycles. The van der Waals surface area contributed by atoms with Gasteiger partial charge in [-0.05, 0) is 34.4 Å². The van der Waals surface area contributed by atoms with Crippen molar-refractivity contribution in [2.75, 3.05) is 12.0 Å². The van der Waals surface area contributed by atoms with Gasteiger partial charge in [-0.15, -0.1) is 0 Å². The van der Waals surface area contributed by atoms with E-state index in [1.807, 2.05) is 36.4 Å². The van der Waals surface area contributed by atoms with Gasteiger partial charge in [0.2, 0.25) is 11.8 Å². The second-order valence-electron chi connectivity index (χ2n) is 7.98. The van der Waals surface area contributed by atoms with Crippen LogP contribution in [0.3, 0.4) is 0 Å². The molecule has 0 radical (unpaired) electrons. The van der Waals surface area contributed by atoms with E-state index in [1.165, 1.54) is 27.2 Å². The SMILES string of the molecule is COc1cccc(N2C(=O)C3C4c5ccccc5C(c5ccccc54)C3C2=O)c1. The fourth-order valence-corrected chi connectivity index (χ4v) is 5.68. The highest BCUT2D eigenvalue weighted by molar-refractivity contribution is 6.23. The van der Waals surface area contributed by atoms with E-state index in [4.69, 9.17) is 4.74 Å². The Balaban J connectivity index is 1.55. The standard InChI is InChI=1S/C25H19NO3/c1-29-15-8-6-7-14(13-15)26-24(27)22-20-16-9-2-3-10-17(16)21(23(22)25(26)28)19-12-5-4-11-18(19)20/h2-13,20-23H,1H3. The molecule has 1 saturated heterocycles. The van der Waals surface area contributed by atoms with Crippen LogP contribution in [0, 0.1) is 11.8 Å². The third-order valence-electron chi connectivity index (χ3n) is 6.76. The summed E-state index contributed by atoms with van der Waals surface area (Å²) in [5.74, 6) is -0.451. The van der Waals surface area contributed by atoms with Gasteiger partial charge in [0, 0.05) is 17.9 Å². The molecule has 1 fully saturated rings. The fourth-order valence-electron chi connectivity index (χ4n) is 5.68. The molecule has 2 atom stereocenters. The number of hydrogen-bond acceptors (Lipinski definition) is 3. The summed E-state index contributed by atoms with van der Waals surface area (Å²) in [6, 6.07) is 23.8. The highest BCUT2D eigenvalue weighted by atomic mass is 16.5. The molecule has 0 aromatic heterocycles. The number of nitrogens with zero attached hydrogens (tertiary/aromatic N) is 1. The number of amides is 2. The van der Waals surface area contributed by atoms with E-state index in [-0.39, 0.29) is 35.5 Å². The van der Waals surface area contributed by atoms with Gasteiger partial charge in [-0.3, -0.25) is 9.59 Å². The summed E-state index contributed by atoms with van der Waals surface area (Å²) >= 11 is 0. The van der Waals surface area contributed by atoms with E-state index < -0.39 is 0 Å². The Morgan fingerprint density at radius 2 is 1.17 bits per heavy atom. The minimum absolute atomic E-state index is 0.0792. The lowest BCUT2D eigenvalue weighted by Crippen LogP contribution is -2.41. The van der Waals surface area contributed by atoms with Gasteiger partial charge in [0.05, 0.1) is 24.6 Å². The van der Waals surface area contributed by atoms with Gasteiger partial charge in [-0.25, -0.2) is 4.90 Å². The summed E-state index contributed by atoms with van der Waals surface area (Å²) in [5, 5.41) is 0. The molecule has 3 aromatic carbocycles. The minimum Gasteiger partial charge on any atom is -0.497 e. The summed E-state index contributed by atoms with van der Waals surface area (Å²) in [5.41, 5.74) is 5.33. The summed E-state index contributed by atoms with van der Waals surface area (Å²) in [7, 11) is 1.58. The first-order chi connectivity index (χ1) is 14.2. The van der Waals surface area contributed by atoms with Crippen LogP contribution in [0.25, 0.3) is 0 Å². The molecule has 29 heavy (non-hydrogen) atoms. The Morgan fingerprint density at radius 3 is 1.62 bits per heavy atom. The number of benzene rings is 3. The van der Waals surface area contributed by atoms with E-state index in [9.17, 15) is 9.59 Å². The first-order valence-electron chi connectivity index (χ1n) is 9.90. The molecular weight excluding hydrogens is 362 g/mol. The largest absolute Gasteiger partial charge is 0.497 e. The number of imide groups is 1. The monoisotopic (exact) mass is 381 g/mol. The Labute approximate surface area is 168 Å². The maximum atomic E-state index is 13.6. The second kappa shape index (κ2) is 5.80. The quantitative estimate of drug-likeness (QED) is 0.628. The molecule has 4 heteroatoms. The van der Waals surface area contributed by atoms with E-state index in [0.29, 0.717) is 11.4 Å². The lowest BCUT2D eigenvalue weighted by Gasteiger charge is -2.45. The zero-order chi connectivity index (χ0) is 19.7. The van der Waals surface area contributed by atoms with E-state index in [1.54, 1.807) is 19.2 Å². The van der Waals surface area contributed by atoms with Crippen molar-refractivity contribution in [3.05, 3.63) is 95.1 Å². The molecule has 2 unspecified atom stereocenters. The highest BCUT2D eigenvalue weighted by Gasteiger charge is 2.61. The van der Waals surface area contributed by atoms with Gasteiger partial charge in [0.1, 0.15) is 5.75 Å². The van der Waals surface area contributed by atoms with Gasteiger partial charge in [0.25, 0.3) is 0 Å². The Hall–Kier alpha value is -3.40. The van der Waals surface area contributed by atoms with Crippen LogP contribution in [0.4, 0.5) is 5.69 Å². The number of carbonyl (C=O) groups is 2. The Bertz CT molecular complexity index is 1070. The van der Waals surface area contributed by atoms with Gasteiger partial charge in [0.15, 0.2) is 0 Å². The Morgan fingerprint density at radius 1 is 0.690 bits per heavy atom. The number of carbonyl (C=O) groups excluding carboxylic acids is 2. The van der Waals surface area contributed by atoms with Crippen LogP contribution < -0.4 is 9.64 Å². The van der Waals surface area contributed by atoms with Gasteiger partial charge >= 0.3 is 0 Å². The molecule has 0 saturated carbocycles. The molecule has 0 spiro atoms. The maximum Gasteiger partial charge on any atom is 0.238 e. The summed E-state index contributed by atoms with van der Waals surface area (Å²) in [6.07, 6.45) is 0. The Kier molecular flexibility index (Phi) is 3.31. The first-order valence-corrected chi connectivity index (χ1v) is 9.90. The molecule has 1 aliphatic heterocycles. The predicted octanol–water partition coefficient (Wildman–Crippen LogP) is 4.09. The molecule has 1 heterocycles. The highest BCUT2D eigenvalue weighted by Crippen LogP contribution is 2.61. The summed E-state index contributed by atoms with van der Waals surface area (Å²) in [6.45, 7) is 0. The van der Waals surface area contributed by atoms with Crippen LogP contribution >= 0.6 is 0 Å². The van der Waals surface area contributed by atoms with Crippen molar-refractivity contribution in [3.63, 3.8) is 0 Å². The van der Waals surface area contributed by atoms with Crippen molar-refractivity contribution in [1.82, 2.24) is 0 Å². The fraction of sp³-hybridized carbons (Fsp3) is 0.200. The molecule has 142 valence electrons. The van der Waals surface area contributed by atoms with Crippen LogP contribution in [0.1, 0.15) is 34.1 Å². The lowest BCUT2D eigenvalue weighted by atomic mass is 9.55. The third kappa shape index (κ3) is 2.03. The number of anilines is 1. The lowest BCUT2D eigenvalue weighted by molar-refractivity contribution is -0.122.